The minimum absolute atomic E-state index is 0.292. The molecule has 7 heteroatoms. The van der Waals surface area contributed by atoms with E-state index in [4.69, 9.17) is 23.7 Å². The van der Waals surface area contributed by atoms with Crippen LogP contribution in [0.2, 0.25) is 0 Å². The first-order valence-corrected chi connectivity index (χ1v) is 11.7. The lowest BCUT2D eigenvalue weighted by molar-refractivity contribution is -0.137. The lowest BCUT2D eigenvalue weighted by Crippen LogP contribution is -2.25. The molecule has 3 aromatic carbocycles. The number of benzene rings is 3. The highest BCUT2D eigenvalue weighted by Gasteiger charge is 2.30. The molecule has 0 amide bonds. The highest BCUT2D eigenvalue weighted by Crippen LogP contribution is 2.45. The summed E-state index contributed by atoms with van der Waals surface area (Å²) in [5.74, 6) is 2.13. The molecule has 6 nitrogen and oxygen atoms in total. The van der Waals surface area contributed by atoms with Gasteiger partial charge in [-0.2, -0.15) is 0 Å². The Morgan fingerprint density at radius 2 is 1.27 bits per heavy atom. The van der Waals surface area contributed by atoms with Gasteiger partial charge < -0.3 is 23.7 Å². The Kier molecular flexibility index (Phi) is 8.73. The number of carbonyl (C=O) groups excluding carboxylic acids is 1. The molecule has 0 aliphatic heterocycles. The van der Waals surface area contributed by atoms with Crippen LogP contribution in [-0.4, -0.2) is 33.9 Å². The summed E-state index contributed by atoms with van der Waals surface area (Å²) in [4.78, 5) is 11.7. The van der Waals surface area contributed by atoms with Crippen LogP contribution < -0.4 is 34.9 Å². The number of hydrogen-bond acceptors (Lipinski definition) is 6. The predicted molar refractivity (Wildman–Crippen MR) is 131 cm³/mol. The van der Waals surface area contributed by atoms with Crippen molar-refractivity contribution in [3.8, 4) is 23.0 Å². The van der Waals surface area contributed by atoms with E-state index in [9.17, 15) is 4.79 Å². The quantitative estimate of drug-likeness (QED) is 0.195. The predicted octanol–water partition coefficient (Wildman–Crippen LogP) is 3.93. The second-order valence-corrected chi connectivity index (χ2v) is 8.74. The molecule has 172 valence electrons. The second kappa shape index (κ2) is 11.9. The van der Waals surface area contributed by atoms with E-state index in [1.54, 1.807) is 28.3 Å². The van der Waals surface area contributed by atoms with E-state index in [0.29, 0.717) is 29.6 Å². The van der Waals surface area contributed by atoms with Crippen molar-refractivity contribution in [2.24, 2.45) is 0 Å². The Morgan fingerprint density at radius 3 is 1.79 bits per heavy atom. The Morgan fingerprint density at radius 1 is 0.758 bits per heavy atom. The van der Waals surface area contributed by atoms with Crippen LogP contribution >= 0.6 is 7.92 Å². The molecule has 0 spiro atoms. The maximum atomic E-state index is 11.7. The molecule has 0 aliphatic rings. The van der Waals surface area contributed by atoms with Gasteiger partial charge in [-0.3, -0.25) is 0 Å². The summed E-state index contributed by atoms with van der Waals surface area (Å²) in [5.41, 5.74) is 0. The molecule has 0 heterocycles. The van der Waals surface area contributed by atoms with Crippen molar-refractivity contribution in [3.63, 3.8) is 0 Å². The van der Waals surface area contributed by atoms with E-state index in [-0.39, 0.29) is 0 Å². The molecule has 0 saturated heterocycles. The van der Waals surface area contributed by atoms with E-state index < -0.39 is 13.9 Å². The molecule has 0 radical (unpaired) electrons. The summed E-state index contributed by atoms with van der Waals surface area (Å²) >= 11 is 0. The Bertz CT molecular complexity index is 1070. The van der Waals surface area contributed by atoms with Gasteiger partial charge in [0.25, 0.3) is 0 Å². The van der Waals surface area contributed by atoms with Crippen LogP contribution in [0.25, 0.3) is 0 Å². The van der Waals surface area contributed by atoms with Crippen molar-refractivity contribution in [1.82, 2.24) is 0 Å². The molecule has 0 N–H and O–H groups in total. The molecule has 3 rings (SSSR count). The molecule has 1 unspecified atom stereocenters. The van der Waals surface area contributed by atoms with Gasteiger partial charge in [0.2, 0.25) is 0 Å². The first-order chi connectivity index (χ1) is 16.1. The van der Waals surface area contributed by atoms with Crippen LogP contribution in [-0.2, 0) is 9.53 Å². The SMILES string of the molecule is CCOC(=O)/C=C/Oc1cccc(OC)c1P(c1ccccc1)c1c(OC)cccc1OC. The van der Waals surface area contributed by atoms with Gasteiger partial charge in [-0.15, -0.1) is 0 Å². The van der Waals surface area contributed by atoms with Gasteiger partial charge >= 0.3 is 5.97 Å². The average molecular weight is 466 g/mol. The fourth-order valence-corrected chi connectivity index (χ4v) is 6.05. The van der Waals surface area contributed by atoms with Gasteiger partial charge in [-0.25, -0.2) is 4.79 Å². The number of hydrogen-bond donors (Lipinski definition) is 0. The highest BCUT2D eigenvalue weighted by atomic mass is 31.1. The average Bonchev–Trinajstić information content (AvgIpc) is 2.85. The maximum absolute atomic E-state index is 11.7. The lowest BCUT2D eigenvalue weighted by Gasteiger charge is -2.26. The number of methoxy groups -OCH3 is 3. The molecular weight excluding hydrogens is 439 g/mol. The normalized spacial score (nSPS) is 11.6. The summed E-state index contributed by atoms with van der Waals surface area (Å²) < 4.78 is 28.1. The molecule has 0 aromatic heterocycles. The summed E-state index contributed by atoms with van der Waals surface area (Å²) in [7, 11) is 3.66. The molecule has 0 saturated carbocycles. The Hall–Kier alpha value is -3.50. The van der Waals surface area contributed by atoms with Crippen molar-refractivity contribution >= 4 is 29.8 Å². The van der Waals surface area contributed by atoms with Crippen molar-refractivity contribution in [3.05, 3.63) is 79.1 Å². The summed E-state index contributed by atoms with van der Waals surface area (Å²) in [5, 5.41) is 2.78. The zero-order valence-corrected chi connectivity index (χ0v) is 20.0. The van der Waals surface area contributed by atoms with Crippen LogP contribution in [0.3, 0.4) is 0 Å². The first kappa shape index (κ1) is 24.1. The monoisotopic (exact) mass is 466 g/mol. The van der Waals surface area contributed by atoms with Crippen LogP contribution in [0.4, 0.5) is 0 Å². The van der Waals surface area contributed by atoms with Gasteiger partial charge in [-0.05, 0) is 36.5 Å². The largest absolute Gasteiger partial charge is 0.496 e. The lowest BCUT2D eigenvalue weighted by atomic mass is 10.3. The molecule has 0 fully saturated rings. The van der Waals surface area contributed by atoms with Crippen LogP contribution in [0, 0.1) is 0 Å². The number of esters is 1. The van der Waals surface area contributed by atoms with Gasteiger partial charge in [0.1, 0.15) is 23.0 Å². The van der Waals surface area contributed by atoms with Gasteiger partial charge in [0, 0.05) is 7.92 Å². The minimum Gasteiger partial charge on any atom is -0.496 e. The zero-order chi connectivity index (χ0) is 23.6. The van der Waals surface area contributed by atoms with E-state index in [1.165, 1.54) is 12.3 Å². The van der Waals surface area contributed by atoms with Crippen LogP contribution in [0.15, 0.2) is 79.1 Å². The summed E-state index contributed by atoms with van der Waals surface area (Å²) in [6.45, 7) is 2.04. The standard InChI is InChI=1S/C26H27O6P/c1-5-31-24(27)17-18-32-23-16-10-15-22(30-4)26(23)33(19-11-7-6-8-12-19)25-20(28-2)13-9-14-21(25)29-3/h6-18H,5H2,1-4H3/b18-17+. The topological polar surface area (TPSA) is 63.2 Å². The van der Waals surface area contributed by atoms with Crippen molar-refractivity contribution < 1.29 is 28.5 Å². The van der Waals surface area contributed by atoms with Crippen molar-refractivity contribution in [2.45, 2.75) is 6.92 Å². The van der Waals surface area contributed by atoms with Gasteiger partial charge in [-0.1, -0.05) is 42.5 Å². The number of carbonyl (C=O) groups is 1. The number of rotatable bonds is 10. The maximum Gasteiger partial charge on any atom is 0.333 e. The minimum atomic E-state index is -1.24. The third-order valence-corrected chi connectivity index (χ3v) is 7.32. The third kappa shape index (κ3) is 5.65. The van der Waals surface area contributed by atoms with E-state index >= 15 is 0 Å². The van der Waals surface area contributed by atoms with Gasteiger partial charge in [0.05, 0.1) is 50.9 Å². The van der Waals surface area contributed by atoms with Crippen molar-refractivity contribution in [1.29, 1.82) is 0 Å². The fourth-order valence-electron chi connectivity index (χ4n) is 3.33. The smallest absolute Gasteiger partial charge is 0.333 e. The van der Waals surface area contributed by atoms with Gasteiger partial charge in [0.15, 0.2) is 0 Å². The molecule has 0 bridgehead atoms. The second-order valence-electron chi connectivity index (χ2n) is 6.66. The molecule has 33 heavy (non-hydrogen) atoms. The fraction of sp³-hybridized carbons (Fsp3) is 0.192. The van der Waals surface area contributed by atoms with Crippen LogP contribution in [0.5, 0.6) is 23.0 Å². The highest BCUT2D eigenvalue weighted by molar-refractivity contribution is 7.80. The molecule has 0 aliphatic carbocycles. The zero-order valence-electron chi connectivity index (χ0n) is 19.1. The van der Waals surface area contributed by atoms with E-state index in [2.05, 4.69) is 12.1 Å². The first-order valence-electron chi connectivity index (χ1n) is 10.4. The summed E-state index contributed by atoms with van der Waals surface area (Å²) in [6, 6.07) is 21.3. The van der Waals surface area contributed by atoms with Crippen LogP contribution in [0.1, 0.15) is 6.92 Å². The number of ether oxygens (including phenoxy) is 5. The van der Waals surface area contributed by atoms with E-state index in [0.717, 1.165) is 15.9 Å². The molecular formula is C26H27O6P. The Labute approximate surface area is 195 Å². The Balaban J connectivity index is 2.24. The van der Waals surface area contributed by atoms with Crippen molar-refractivity contribution in [2.75, 3.05) is 27.9 Å². The molecule has 1 atom stereocenters. The third-order valence-electron chi connectivity index (χ3n) is 4.73. The molecule has 3 aromatic rings. The van der Waals surface area contributed by atoms with E-state index in [1.807, 2.05) is 54.6 Å². The summed E-state index contributed by atoms with van der Waals surface area (Å²) in [6.07, 6.45) is 2.58.